The molecule has 0 aliphatic rings. The van der Waals surface area contributed by atoms with Crippen LogP contribution in [0.5, 0.6) is 0 Å². The molecule has 0 radical (unpaired) electrons. The Morgan fingerprint density at radius 1 is 1.04 bits per heavy atom. The van der Waals surface area contributed by atoms with Crippen LogP contribution in [0, 0.1) is 0 Å². The SMILES string of the molecule is CCc1ccccc1-c1c(C(C)(C)C)ccc2[cH-]c(C(C)C)cc12.[Cl][Zr][Cl]. The van der Waals surface area contributed by atoms with Crippen molar-refractivity contribution < 1.29 is 20.8 Å². The zero-order valence-electron chi connectivity index (χ0n) is 17.2. The number of benzene rings is 2. The Balaban J connectivity index is 0.000000817. The van der Waals surface area contributed by atoms with Gasteiger partial charge in [0.15, 0.2) is 0 Å². The second-order valence-corrected chi connectivity index (χ2v) is 12.0. The first-order valence-corrected chi connectivity index (χ1v) is 15.9. The van der Waals surface area contributed by atoms with Gasteiger partial charge in [0, 0.05) is 0 Å². The van der Waals surface area contributed by atoms with Crippen LogP contribution < -0.4 is 0 Å². The fourth-order valence-electron chi connectivity index (χ4n) is 3.63. The van der Waals surface area contributed by atoms with Crippen LogP contribution in [0.2, 0.25) is 0 Å². The van der Waals surface area contributed by atoms with Crippen molar-refractivity contribution in [1.29, 1.82) is 0 Å². The van der Waals surface area contributed by atoms with Crippen LogP contribution in [-0.4, -0.2) is 0 Å². The minimum atomic E-state index is -0.826. The molecule has 0 fully saturated rings. The number of hydrogen-bond acceptors (Lipinski definition) is 0. The van der Waals surface area contributed by atoms with Crippen molar-refractivity contribution in [1.82, 2.24) is 0 Å². The number of hydrogen-bond donors (Lipinski definition) is 0. The van der Waals surface area contributed by atoms with E-state index in [1.54, 1.807) is 0 Å². The molecule has 3 aromatic carbocycles. The first-order valence-electron chi connectivity index (χ1n) is 9.52. The van der Waals surface area contributed by atoms with Gasteiger partial charge in [-0.1, -0.05) is 76.9 Å². The summed E-state index contributed by atoms with van der Waals surface area (Å²) in [6, 6.07) is 18.3. The molecule has 0 aliphatic carbocycles. The molecule has 0 aromatic heterocycles. The standard InChI is InChI=1S/C24H29.2ClH.Zr/c1-7-17-10-8-9-11-20(17)23-21-15-19(16(2)3)14-18(21)12-13-22(23)24(4,5)6;;;/h8-16H,7H2,1-6H3;2*1H;/q-1;;;+2/p-2. The van der Waals surface area contributed by atoms with Gasteiger partial charge in [0.25, 0.3) is 0 Å². The molecule has 0 heterocycles. The van der Waals surface area contributed by atoms with E-state index in [4.69, 9.17) is 17.0 Å². The van der Waals surface area contributed by atoms with Crippen LogP contribution >= 0.6 is 17.0 Å². The quantitative estimate of drug-likeness (QED) is 0.330. The monoisotopic (exact) mass is 477 g/mol. The predicted molar refractivity (Wildman–Crippen MR) is 119 cm³/mol. The van der Waals surface area contributed by atoms with E-state index in [0.29, 0.717) is 5.92 Å². The second kappa shape index (κ2) is 9.82. The van der Waals surface area contributed by atoms with Crippen LogP contribution in [0.3, 0.4) is 0 Å². The summed E-state index contributed by atoms with van der Waals surface area (Å²) in [5, 5.41) is 2.78. The zero-order chi connectivity index (χ0) is 20.2. The van der Waals surface area contributed by atoms with Crippen molar-refractivity contribution in [3.63, 3.8) is 0 Å². The number of fused-ring (bicyclic) bond motifs is 1. The molecule has 3 aromatic rings. The van der Waals surface area contributed by atoms with E-state index in [1.165, 1.54) is 38.6 Å². The first kappa shape index (κ1) is 22.8. The Hall–Kier alpha value is -0.487. The van der Waals surface area contributed by atoms with E-state index >= 15 is 0 Å². The molecule has 0 bridgehead atoms. The summed E-state index contributed by atoms with van der Waals surface area (Å²) in [6.45, 7) is 13.8. The Bertz CT molecular complexity index is 885. The normalized spacial score (nSPS) is 11.4. The fraction of sp³-hybridized carbons (Fsp3) is 0.375. The molecule has 0 saturated carbocycles. The number of rotatable bonds is 3. The molecule has 3 heteroatoms. The van der Waals surface area contributed by atoms with E-state index in [1.807, 2.05) is 0 Å². The molecular weight excluding hydrogens is 450 g/mol. The molecule has 0 N–H and O–H groups in total. The third-order valence-electron chi connectivity index (χ3n) is 5.05. The van der Waals surface area contributed by atoms with Crippen LogP contribution in [0.15, 0.2) is 48.5 Å². The summed E-state index contributed by atoms with van der Waals surface area (Å²) in [4.78, 5) is 0. The van der Waals surface area contributed by atoms with E-state index in [9.17, 15) is 0 Å². The molecule has 27 heavy (non-hydrogen) atoms. The molecule has 0 amide bonds. The van der Waals surface area contributed by atoms with Gasteiger partial charge in [-0.3, -0.25) is 0 Å². The molecule has 0 atom stereocenters. The Kier molecular flexibility index (Phi) is 8.29. The maximum absolute atomic E-state index is 4.93. The molecule has 0 saturated heterocycles. The summed E-state index contributed by atoms with van der Waals surface area (Å²) in [7, 11) is 9.87. The minimum absolute atomic E-state index is 0.125. The number of aryl methyl sites for hydroxylation is 1. The molecule has 0 spiro atoms. The molecule has 0 aliphatic heterocycles. The van der Waals surface area contributed by atoms with Gasteiger partial charge in [0.2, 0.25) is 0 Å². The van der Waals surface area contributed by atoms with Gasteiger partial charge in [-0.15, -0.1) is 34.5 Å². The van der Waals surface area contributed by atoms with Crippen LogP contribution in [0.1, 0.15) is 64.2 Å². The third kappa shape index (κ3) is 5.32. The van der Waals surface area contributed by atoms with Crippen molar-refractivity contribution >= 4 is 27.8 Å². The summed E-state index contributed by atoms with van der Waals surface area (Å²) < 4.78 is 0. The van der Waals surface area contributed by atoms with E-state index in [-0.39, 0.29) is 5.41 Å². The molecule has 144 valence electrons. The van der Waals surface area contributed by atoms with Gasteiger partial charge in [-0.2, -0.15) is 6.07 Å². The predicted octanol–water partition coefficient (Wildman–Crippen LogP) is 8.59. The van der Waals surface area contributed by atoms with Crippen molar-refractivity contribution in [2.75, 3.05) is 0 Å². The summed E-state index contributed by atoms with van der Waals surface area (Å²) in [5.74, 6) is 0.560. The Morgan fingerprint density at radius 3 is 2.22 bits per heavy atom. The van der Waals surface area contributed by atoms with Gasteiger partial charge >= 0.3 is 37.9 Å². The third-order valence-corrected chi connectivity index (χ3v) is 5.05. The van der Waals surface area contributed by atoms with E-state index < -0.39 is 20.8 Å². The Morgan fingerprint density at radius 2 is 1.67 bits per heavy atom. The maximum atomic E-state index is 4.93. The second-order valence-electron chi connectivity index (χ2n) is 8.27. The van der Waals surface area contributed by atoms with Crippen molar-refractivity contribution in [3.8, 4) is 11.1 Å². The summed E-state index contributed by atoms with van der Waals surface area (Å²) in [6.07, 6.45) is 1.06. The number of halogens is 2. The van der Waals surface area contributed by atoms with Crippen molar-refractivity contribution in [2.24, 2.45) is 0 Å². The zero-order valence-corrected chi connectivity index (χ0v) is 21.1. The summed E-state index contributed by atoms with van der Waals surface area (Å²) in [5.41, 5.74) is 7.27. The average Bonchev–Trinajstić information content (AvgIpc) is 3.05. The van der Waals surface area contributed by atoms with Crippen LogP contribution in [-0.2, 0) is 32.7 Å². The molecule has 0 nitrogen and oxygen atoms in total. The molecule has 3 rings (SSSR count). The van der Waals surface area contributed by atoms with Crippen LogP contribution in [0.25, 0.3) is 21.9 Å². The van der Waals surface area contributed by atoms with Gasteiger partial charge < -0.3 is 0 Å². The van der Waals surface area contributed by atoms with Gasteiger partial charge in [-0.05, 0) is 28.9 Å². The van der Waals surface area contributed by atoms with E-state index in [2.05, 4.69) is 90.1 Å². The van der Waals surface area contributed by atoms with Gasteiger partial charge in [-0.25, -0.2) is 0 Å². The summed E-state index contributed by atoms with van der Waals surface area (Å²) >= 11 is -0.826. The van der Waals surface area contributed by atoms with Crippen molar-refractivity contribution in [2.45, 2.75) is 59.3 Å². The first-order chi connectivity index (χ1) is 12.7. The van der Waals surface area contributed by atoms with Gasteiger partial charge in [0.05, 0.1) is 0 Å². The van der Waals surface area contributed by atoms with E-state index in [0.717, 1.165) is 6.42 Å². The topological polar surface area (TPSA) is 0 Å². The van der Waals surface area contributed by atoms with Crippen LogP contribution in [0.4, 0.5) is 0 Å². The van der Waals surface area contributed by atoms with Crippen molar-refractivity contribution in [3.05, 3.63) is 65.2 Å². The fourth-order valence-corrected chi connectivity index (χ4v) is 3.63. The molecular formula is C24H29Cl2Zr-. The molecule has 0 unspecified atom stereocenters. The average molecular weight is 480 g/mol. The Labute approximate surface area is 183 Å². The van der Waals surface area contributed by atoms with Gasteiger partial charge in [0.1, 0.15) is 0 Å².